The van der Waals surface area contributed by atoms with Crippen LogP contribution in [0.2, 0.25) is 0 Å². The molecule has 2 heterocycles. The van der Waals surface area contributed by atoms with Crippen LogP contribution in [0.3, 0.4) is 0 Å². The van der Waals surface area contributed by atoms with Crippen LogP contribution in [0.15, 0.2) is 24.5 Å². The molecular weight excluding hydrogens is 228 g/mol. The van der Waals surface area contributed by atoms with Crippen LogP contribution < -0.4 is 4.90 Å². The van der Waals surface area contributed by atoms with Gasteiger partial charge in [0, 0.05) is 25.5 Å². The summed E-state index contributed by atoms with van der Waals surface area (Å²) in [6, 6.07) is 3.85. The number of hydrogen-bond donors (Lipinski definition) is 1. The van der Waals surface area contributed by atoms with Crippen molar-refractivity contribution in [2.45, 2.75) is 19.8 Å². The van der Waals surface area contributed by atoms with Gasteiger partial charge in [0.25, 0.3) is 0 Å². The molecular formula is C13H18N4O. The second kappa shape index (κ2) is 6.26. The Kier molecular flexibility index (Phi) is 4.41. The average Bonchev–Trinajstić information content (AvgIpc) is 2.43. The summed E-state index contributed by atoms with van der Waals surface area (Å²) in [6.07, 6.45) is 5.50. The molecule has 0 amide bonds. The molecule has 0 unspecified atom stereocenters. The van der Waals surface area contributed by atoms with E-state index >= 15 is 0 Å². The fourth-order valence-electron chi connectivity index (χ4n) is 1.83. The van der Waals surface area contributed by atoms with E-state index in [4.69, 9.17) is 5.11 Å². The Morgan fingerprint density at radius 2 is 2.00 bits per heavy atom. The molecule has 0 aliphatic heterocycles. The normalized spacial score (nSPS) is 10.8. The number of unbranched alkanes of at least 4 members (excludes halogenated alkanes) is 1. The van der Waals surface area contributed by atoms with Crippen LogP contribution in [-0.2, 0) is 0 Å². The molecule has 1 N–H and O–H groups in total. The lowest BCUT2D eigenvalue weighted by Gasteiger charge is -2.22. The molecule has 2 aromatic rings. The maximum absolute atomic E-state index is 9.11. The third kappa shape index (κ3) is 2.92. The molecule has 0 aliphatic rings. The van der Waals surface area contributed by atoms with Crippen molar-refractivity contribution in [2.24, 2.45) is 0 Å². The summed E-state index contributed by atoms with van der Waals surface area (Å²) in [5.74, 6) is 0.852. The Bertz CT molecular complexity index is 503. The fraction of sp³-hybridized carbons (Fsp3) is 0.462. The van der Waals surface area contributed by atoms with Crippen LogP contribution in [0.25, 0.3) is 11.2 Å². The van der Waals surface area contributed by atoms with Gasteiger partial charge in [-0.1, -0.05) is 13.3 Å². The highest BCUT2D eigenvalue weighted by Gasteiger charge is 2.08. The first-order valence-electron chi connectivity index (χ1n) is 6.28. The van der Waals surface area contributed by atoms with E-state index < -0.39 is 0 Å². The van der Waals surface area contributed by atoms with Crippen LogP contribution in [0.1, 0.15) is 19.8 Å². The third-order valence-corrected chi connectivity index (χ3v) is 2.79. The van der Waals surface area contributed by atoms with Crippen molar-refractivity contribution in [1.82, 2.24) is 15.0 Å². The van der Waals surface area contributed by atoms with E-state index in [9.17, 15) is 0 Å². The summed E-state index contributed by atoms with van der Waals surface area (Å²) in [4.78, 5) is 15.0. The van der Waals surface area contributed by atoms with Crippen molar-refractivity contribution in [3.05, 3.63) is 24.5 Å². The van der Waals surface area contributed by atoms with Crippen molar-refractivity contribution in [3.63, 3.8) is 0 Å². The molecule has 2 rings (SSSR count). The van der Waals surface area contributed by atoms with Gasteiger partial charge in [-0.2, -0.15) is 0 Å². The molecule has 0 atom stereocenters. The van der Waals surface area contributed by atoms with E-state index in [0.29, 0.717) is 12.2 Å². The molecule has 0 saturated heterocycles. The first-order chi connectivity index (χ1) is 8.85. The number of hydrogen-bond acceptors (Lipinski definition) is 5. The molecule has 2 aromatic heterocycles. The van der Waals surface area contributed by atoms with Gasteiger partial charge >= 0.3 is 0 Å². The Hall–Kier alpha value is -1.75. The maximum Gasteiger partial charge on any atom is 0.180 e. The molecule has 0 spiro atoms. The number of aromatic nitrogens is 3. The largest absolute Gasteiger partial charge is 0.395 e. The molecule has 0 fully saturated rings. The Morgan fingerprint density at radius 3 is 2.78 bits per heavy atom. The quantitative estimate of drug-likeness (QED) is 0.839. The zero-order valence-corrected chi connectivity index (χ0v) is 10.6. The molecule has 5 heteroatoms. The van der Waals surface area contributed by atoms with Crippen molar-refractivity contribution in [3.8, 4) is 0 Å². The van der Waals surface area contributed by atoms with E-state index in [-0.39, 0.29) is 6.61 Å². The number of pyridine rings is 1. The zero-order chi connectivity index (χ0) is 12.8. The van der Waals surface area contributed by atoms with Crippen LogP contribution in [0, 0.1) is 0 Å². The third-order valence-electron chi connectivity index (χ3n) is 2.79. The van der Waals surface area contributed by atoms with Crippen LogP contribution in [-0.4, -0.2) is 39.8 Å². The Balaban J connectivity index is 2.25. The summed E-state index contributed by atoms with van der Waals surface area (Å²) < 4.78 is 0. The van der Waals surface area contributed by atoms with E-state index in [0.717, 1.165) is 30.7 Å². The lowest BCUT2D eigenvalue weighted by atomic mass is 10.3. The Morgan fingerprint density at radius 1 is 1.17 bits per heavy atom. The van der Waals surface area contributed by atoms with E-state index in [1.54, 1.807) is 12.4 Å². The summed E-state index contributed by atoms with van der Waals surface area (Å²) in [5.41, 5.74) is 1.44. The highest BCUT2D eigenvalue weighted by Crippen LogP contribution is 2.15. The Labute approximate surface area is 107 Å². The predicted molar refractivity (Wildman–Crippen MR) is 71.5 cm³/mol. The van der Waals surface area contributed by atoms with Crippen LogP contribution >= 0.6 is 0 Å². The van der Waals surface area contributed by atoms with E-state index in [2.05, 4.69) is 26.8 Å². The maximum atomic E-state index is 9.11. The number of aliphatic hydroxyl groups is 1. The van der Waals surface area contributed by atoms with Gasteiger partial charge in [-0.3, -0.25) is 4.98 Å². The molecule has 96 valence electrons. The average molecular weight is 246 g/mol. The van der Waals surface area contributed by atoms with E-state index in [1.807, 2.05) is 12.1 Å². The van der Waals surface area contributed by atoms with Gasteiger partial charge in [0.2, 0.25) is 0 Å². The summed E-state index contributed by atoms with van der Waals surface area (Å²) in [5, 5.41) is 9.11. The summed E-state index contributed by atoms with van der Waals surface area (Å²) in [7, 11) is 0. The summed E-state index contributed by atoms with van der Waals surface area (Å²) in [6.45, 7) is 3.77. The van der Waals surface area contributed by atoms with Crippen molar-refractivity contribution < 1.29 is 5.11 Å². The lowest BCUT2D eigenvalue weighted by Crippen LogP contribution is -2.28. The lowest BCUT2D eigenvalue weighted by molar-refractivity contribution is 0.301. The number of anilines is 1. The van der Waals surface area contributed by atoms with Gasteiger partial charge in [-0.05, 0) is 18.6 Å². The second-order valence-electron chi connectivity index (χ2n) is 4.13. The van der Waals surface area contributed by atoms with Gasteiger partial charge in [0.1, 0.15) is 11.3 Å². The van der Waals surface area contributed by atoms with Crippen LogP contribution in [0.4, 0.5) is 5.82 Å². The highest BCUT2D eigenvalue weighted by atomic mass is 16.3. The predicted octanol–water partition coefficient (Wildman–Crippen LogP) is 1.62. The van der Waals surface area contributed by atoms with E-state index in [1.165, 1.54) is 0 Å². The fourth-order valence-corrected chi connectivity index (χ4v) is 1.83. The smallest absolute Gasteiger partial charge is 0.180 e. The first kappa shape index (κ1) is 12.7. The van der Waals surface area contributed by atoms with Gasteiger partial charge in [-0.15, -0.1) is 0 Å². The van der Waals surface area contributed by atoms with Crippen LogP contribution in [0.5, 0.6) is 0 Å². The molecule has 0 saturated carbocycles. The number of aliphatic hydroxyl groups excluding tert-OH is 1. The minimum atomic E-state index is 0.129. The first-order valence-corrected chi connectivity index (χ1v) is 6.28. The summed E-state index contributed by atoms with van der Waals surface area (Å²) >= 11 is 0. The SMILES string of the molecule is CCCCN(CCO)c1ccc2nccnc2n1. The van der Waals surface area contributed by atoms with Gasteiger partial charge < -0.3 is 10.0 Å². The number of fused-ring (bicyclic) bond motifs is 1. The number of nitrogens with zero attached hydrogens (tertiary/aromatic N) is 4. The standard InChI is InChI=1S/C13H18N4O/c1-2-3-8-17(9-10-18)12-5-4-11-13(16-12)15-7-6-14-11/h4-7,18H,2-3,8-10H2,1H3. The number of rotatable bonds is 6. The van der Waals surface area contributed by atoms with Gasteiger partial charge in [0.05, 0.1) is 6.61 Å². The van der Waals surface area contributed by atoms with Gasteiger partial charge in [0.15, 0.2) is 5.65 Å². The topological polar surface area (TPSA) is 62.1 Å². The van der Waals surface area contributed by atoms with Crippen molar-refractivity contribution in [2.75, 3.05) is 24.6 Å². The minimum Gasteiger partial charge on any atom is -0.395 e. The zero-order valence-electron chi connectivity index (χ0n) is 10.6. The minimum absolute atomic E-state index is 0.129. The molecule has 18 heavy (non-hydrogen) atoms. The molecule has 0 radical (unpaired) electrons. The molecule has 0 aromatic carbocycles. The van der Waals surface area contributed by atoms with Crippen molar-refractivity contribution in [1.29, 1.82) is 0 Å². The van der Waals surface area contributed by atoms with Crippen molar-refractivity contribution >= 4 is 17.0 Å². The highest BCUT2D eigenvalue weighted by molar-refractivity contribution is 5.71. The molecule has 0 bridgehead atoms. The second-order valence-corrected chi connectivity index (χ2v) is 4.13. The monoisotopic (exact) mass is 246 g/mol. The van der Waals surface area contributed by atoms with Gasteiger partial charge in [-0.25, -0.2) is 9.97 Å². The molecule has 5 nitrogen and oxygen atoms in total. The molecule has 0 aliphatic carbocycles.